The number of benzene rings is 1. The van der Waals surface area contributed by atoms with Gasteiger partial charge in [-0.1, -0.05) is 18.6 Å². The van der Waals surface area contributed by atoms with Crippen molar-refractivity contribution < 1.29 is 9.53 Å². The molecule has 2 bridgehead atoms. The summed E-state index contributed by atoms with van der Waals surface area (Å²) in [4.78, 5) is 12.6. The molecule has 3 rings (SSSR count). The number of nitrogens with two attached hydrogens (primary N) is 1. The third kappa shape index (κ3) is 3.39. The summed E-state index contributed by atoms with van der Waals surface area (Å²) in [5.41, 5.74) is 7.05. The van der Waals surface area contributed by atoms with Gasteiger partial charge in [-0.3, -0.25) is 4.79 Å². The maximum atomic E-state index is 12.6. The standard InChI is InChI=1S/C17H24N2O2.ClH/c1-21-15-8-3-2-7-14(15)19-17(20)13-9-11-5-4-6-12(10-13)16(11)18;/h2-3,7-8,11-13,16H,4-6,9-10,18H2,1H3,(H,19,20);1H. The van der Waals surface area contributed by atoms with Crippen molar-refractivity contribution in [2.24, 2.45) is 23.5 Å². The second-order valence-corrected chi connectivity index (χ2v) is 6.39. The van der Waals surface area contributed by atoms with Crippen LogP contribution in [0, 0.1) is 17.8 Å². The molecule has 22 heavy (non-hydrogen) atoms. The largest absolute Gasteiger partial charge is 0.495 e. The summed E-state index contributed by atoms with van der Waals surface area (Å²) in [6.45, 7) is 0. The number of methoxy groups -OCH3 is 1. The molecule has 0 aliphatic heterocycles. The Hall–Kier alpha value is -1.26. The first-order valence-electron chi connectivity index (χ1n) is 7.88. The van der Waals surface area contributed by atoms with E-state index in [9.17, 15) is 4.79 Å². The Kier molecular flexibility index (Phi) is 5.70. The van der Waals surface area contributed by atoms with Gasteiger partial charge in [0.15, 0.2) is 0 Å². The zero-order valence-electron chi connectivity index (χ0n) is 13.0. The van der Waals surface area contributed by atoms with Gasteiger partial charge in [0.1, 0.15) is 5.75 Å². The summed E-state index contributed by atoms with van der Waals surface area (Å²) in [6.07, 6.45) is 5.48. The Morgan fingerprint density at radius 3 is 2.50 bits per heavy atom. The van der Waals surface area contributed by atoms with E-state index < -0.39 is 0 Å². The molecule has 2 aliphatic carbocycles. The average molecular weight is 325 g/mol. The highest BCUT2D eigenvalue weighted by molar-refractivity contribution is 5.94. The van der Waals surface area contributed by atoms with Gasteiger partial charge in [-0.25, -0.2) is 0 Å². The number of anilines is 1. The average Bonchev–Trinajstić information content (AvgIpc) is 2.47. The molecule has 3 N–H and O–H groups in total. The van der Waals surface area contributed by atoms with Crippen molar-refractivity contribution in [2.45, 2.75) is 38.1 Å². The SMILES string of the molecule is COc1ccccc1NC(=O)C1CC2CCCC(C1)C2N.Cl. The highest BCUT2D eigenvalue weighted by Gasteiger charge is 2.40. The fraction of sp³-hybridized carbons (Fsp3) is 0.588. The number of carbonyl (C=O) groups excluding carboxylic acids is 1. The Morgan fingerprint density at radius 1 is 1.23 bits per heavy atom. The number of fused-ring (bicyclic) bond motifs is 2. The molecule has 1 amide bonds. The van der Waals surface area contributed by atoms with E-state index in [4.69, 9.17) is 10.5 Å². The van der Waals surface area contributed by atoms with Crippen LogP contribution in [0.4, 0.5) is 5.69 Å². The second kappa shape index (κ2) is 7.34. The van der Waals surface area contributed by atoms with Gasteiger partial charge in [-0.05, 0) is 49.7 Å². The lowest BCUT2D eigenvalue weighted by Crippen LogP contribution is -2.48. The monoisotopic (exact) mass is 324 g/mol. The smallest absolute Gasteiger partial charge is 0.227 e. The molecule has 4 nitrogen and oxygen atoms in total. The van der Waals surface area contributed by atoms with Crippen LogP contribution in [-0.2, 0) is 4.79 Å². The van der Waals surface area contributed by atoms with Crippen LogP contribution in [0.3, 0.4) is 0 Å². The molecule has 0 aromatic heterocycles. The molecular formula is C17H25ClN2O2. The van der Waals surface area contributed by atoms with Crippen molar-refractivity contribution in [2.75, 3.05) is 12.4 Å². The zero-order valence-corrected chi connectivity index (χ0v) is 13.8. The van der Waals surface area contributed by atoms with Crippen LogP contribution in [0.1, 0.15) is 32.1 Å². The lowest BCUT2D eigenvalue weighted by atomic mass is 9.65. The molecule has 122 valence electrons. The fourth-order valence-electron chi connectivity index (χ4n) is 3.99. The summed E-state index contributed by atoms with van der Waals surface area (Å²) in [5, 5.41) is 3.03. The summed E-state index contributed by atoms with van der Waals surface area (Å²) >= 11 is 0. The highest BCUT2D eigenvalue weighted by Crippen LogP contribution is 2.42. The molecule has 2 fully saturated rings. The first-order chi connectivity index (χ1) is 10.2. The van der Waals surface area contributed by atoms with Crippen molar-refractivity contribution >= 4 is 24.0 Å². The van der Waals surface area contributed by atoms with E-state index in [0.29, 0.717) is 23.6 Å². The molecule has 1 aromatic rings. The van der Waals surface area contributed by atoms with E-state index in [1.165, 1.54) is 19.3 Å². The minimum atomic E-state index is 0. The normalized spacial score (nSPS) is 30.1. The van der Waals surface area contributed by atoms with Crippen molar-refractivity contribution in [1.29, 1.82) is 0 Å². The van der Waals surface area contributed by atoms with Gasteiger partial charge in [-0.2, -0.15) is 0 Å². The highest BCUT2D eigenvalue weighted by atomic mass is 35.5. The number of amides is 1. The van der Waals surface area contributed by atoms with Gasteiger partial charge in [0.25, 0.3) is 0 Å². The number of para-hydroxylation sites is 2. The van der Waals surface area contributed by atoms with Crippen LogP contribution in [0.25, 0.3) is 0 Å². The van der Waals surface area contributed by atoms with E-state index in [1.807, 2.05) is 24.3 Å². The molecule has 1 aromatic carbocycles. The number of rotatable bonds is 3. The maximum absolute atomic E-state index is 12.6. The molecule has 0 saturated heterocycles. The molecule has 2 unspecified atom stereocenters. The van der Waals surface area contributed by atoms with Crippen LogP contribution in [-0.4, -0.2) is 19.1 Å². The maximum Gasteiger partial charge on any atom is 0.227 e. The minimum absolute atomic E-state index is 0. The van der Waals surface area contributed by atoms with Gasteiger partial charge in [-0.15, -0.1) is 12.4 Å². The van der Waals surface area contributed by atoms with Gasteiger partial charge in [0, 0.05) is 12.0 Å². The lowest BCUT2D eigenvalue weighted by Gasteiger charge is -2.43. The van der Waals surface area contributed by atoms with Crippen molar-refractivity contribution in [3.05, 3.63) is 24.3 Å². The molecule has 0 heterocycles. The third-order valence-electron chi connectivity index (χ3n) is 5.15. The van der Waals surface area contributed by atoms with Crippen molar-refractivity contribution in [3.8, 4) is 5.75 Å². The molecule has 2 atom stereocenters. The van der Waals surface area contributed by atoms with E-state index in [2.05, 4.69) is 5.32 Å². The van der Waals surface area contributed by atoms with Crippen LogP contribution >= 0.6 is 12.4 Å². The van der Waals surface area contributed by atoms with Gasteiger partial charge < -0.3 is 15.8 Å². The molecule has 0 radical (unpaired) electrons. The topological polar surface area (TPSA) is 64.3 Å². The van der Waals surface area contributed by atoms with Crippen molar-refractivity contribution in [1.82, 2.24) is 0 Å². The Balaban J connectivity index is 0.00000176. The van der Waals surface area contributed by atoms with Gasteiger partial charge >= 0.3 is 0 Å². The Morgan fingerprint density at radius 2 is 1.86 bits per heavy atom. The van der Waals surface area contributed by atoms with E-state index in [1.54, 1.807) is 7.11 Å². The third-order valence-corrected chi connectivity index (χ3v) is 5.15. The molecule has 2 aliphatic rings. The van der Waals surface area contributed by atoms with E-state index in [0.717, 1.165) is 18.5 Å². The number of hydrogen-bond acceptors (Lipinski definition) is 3. The number of halogens is 1. The molecule has 2 saturated carbocycles. The number of hydrogen-bond donors (Lipinski definition) is 2. The number of ether oxygens (including phenoxy) is 1. The first kappa shape index (κ1) is 17.1. The molecule has 5 heteroatoms. The quantitative estimate of drug-likeness (QED) is 0.897. The Bertz CT molecular complexity index is 509. The Labute approximate surface area is 138 Å². The summed E-state index contributed by atoms with van der Waals surface area (Å²) in [5.74, 6) is 1.95. The predicted octanol–water partition coefficient (Wildman–Crippen LogP) is 3.21. The predicted molar refractivity (Wildman–Crippen MR) is 90.4 cm³/mol. The molecule has 0 spiro atoms. The summed E-state index contributed by atoms with van der Waals surface area (Å²) in [6, 6.07) is 7.85. The number of carbonyl (C=O) groups is 1. The van der Waals surface area contributed by atoms with Crippen molar-refractivity contribution in [3.63, 3.8) is 0 Å². The zero-order chi connectivity index (χ0) is 14.8. The van der Waals surface area contributed by atoms with Crippen LogP contribution in [0.5, 0.6) is 5.75 Å². The van der Waals surface area contributed by atoms with E-state index in [-0.39, 0.29) is 24.2 Å². The molecular weight excluding hydrogens is 300 g/mol. The summed E-state index contributed by atoms with van der Waals surface area (Å²) in [7, 11) is 1.62. The second-order valence-electron chi connectivity index (χ2n) is 6.39. The van der Waals surface area contributed by atoms with Crippen LogP contribution in [0.15, 0.2) is 24.3 Å². The first-order valence-corrected chi connectivity index (χ1v) is 7.88. The number of nitrogens with one attached hydrogen (secondary N) is 1. The van der Waals surface area contributed by atoms with Gasteiger partial charge in [0.05, 0.1) is 12.8 Å². The van der Waals surface area contributed by atoms with Crippen LogP contribution < -0.4 is 15.8 Å². The lowest BCUT2D eigenvalue weighted by molar-refractivity contribution is -0.122. The summed E-state index contributed by atoms with van der Waals surface area (Å²) < 4.78 is 5.29. The fourth-order valence-corrected chi connectivity index (χ4v) is 3.99. The van der Waals surface area contributed by atoms with Crippen LogP contribution in [0.2, 0.25) is 0 Å². The minimum Gasteiger partial charge on any atom is -0.495 e. The van der Waals surface area contributed by atoms with Gasteiger partial charge in [0.2, 0.25) is 5.91 Å². The van der Waals surface area contributed by atoms with E-state index >= 15 is 0 Å².